The van der Waals surface area contributed by atoms with Crippen molar-refractivity contribution < 1.29 is 9.59 Å². The van der Waals surface area contributed by atoms with Crippen molar-refractivity contribution in [2.75, 3.05) is 13.1 Å². The number of likely N-dealkylation sites (tertiary alicyclic amines) is 1. The highest BCUT2D eigenvalue weighted by atomic mass is 16.2. The first-order valence-electron chi connectivity index (χ1n) is 12.2. The molecule has 3 heteroatoms. The van der Waals surface area contributed by atoms with Gasteiger partial charge >= 0.3 is 0 Å². The third kappa shape index (κ3) is 5.76. The Kier molecular flexibility index (Phi) is 7.57. The van der Waals surface area contributed by atoms with Crippen molar-refractivity contribution in [3.63, 3.8) is 0 Å². The summed E-state index contributed by atoms with van der Waals surface area (Å²) in [4.78, 5) is 27.8. The maximum Gasteiger partial charge on any atom is 0.222 e. The van der Waals surface area contributed by atoms with E-state index in [0.717, 1.165) is 45.1 Å². The molecule has 1 heterocycles. The SMILES string of the molecule is C[C@H](CCc1ccccc1)CC(=O)[C@H]1CCCN(C(=O)CCC2=CCc3ccccc32)C1. The van der Waals surface area contributed by atoms with Crippen molar-refractivity contribution in [2.24, 2.45) is 11.8 Å². The van der Waals surface area contributed by atoms with E-state index in [1.165, 1.54) is 22.3 Å². The molecule has 1 amide bonds. The maximum atomic E-state index is 12.9. The number of allylic oxidation sites excluding steroid dienone is 2. The van der Waals surface area contributed by atoms with Crippen LogP contribution in [-0.2, 0) is 22.4 Å². The van der Waals surface area contributed by atoms with Crippen molar-refractivity contribution in [1.82, 2.24) is 4.90 Å². The molecule has 2 atom stereocenters. The van der Waals surface area contributed by atoms with Gasteiger partial charge in [-0.25, -0.2) is 0 Å². The molecule has 0 unspecified atom stereocenters. The molecule has 1 aliphatic heterocycles. The average molecular weight is 430 g/mol. The summed E-state index contributed by atoms with van der Waals surface area (Å²) in [6, 6.07) is 19.0. The minimum absolute atomic E-state index is 0.0123. The maximum absolute atomic E-state index is 12.9. The summed E-state index contributed by atoms with van der Waals surface area (Å²) in [5.74, 6) is 0.932. The molecule has 1 saturated heterocycles. The summed E-state index contributed by atoms with van der Waals surface area (Å²) in [6.07, 6.45) is 9.10. The minimum Gasteiger partial charge on any atom is -0.342 e. The van der Waals surface area contributed by atoms with E-state index < -0.39 is 0 Å². The lowest BCUT2D eigenvalue weighted by molar-refractivity contribution is -0.135. The molecule has 2 aliphatic rings. The van der Waals surface area contributed by atoms with Crippen LogP contribution < -0.4 is 0 Å². The van der Waals surface area contributed by atoms with Gasteiger partial charge in [-0.05, 0) is 66.7 Å². The summed E-state index contributed by atoms with van der Waals surface area (Å²) in [5, 5.41) is 0. The van der Waals surface area contributed by atoms with Gasteiger partial charge in [-0.15, -0.1) is 0 Å². The van der Waals surface area contributed by atoms with Crippen molar-refractivity contribution in [2.45, 2.75) is 58.3 Å². The van der Waals surface area contributed by atoms with E-state index in [2.05, 4.69) is 61.5 Å². The summed E-state index contributed by atoms with van der Waals surface area (Å²) >= 11 is 0. The second-order valence-corrected chi connectivity index (χ2v) is 9.57. The molecule has 32 heavy (non-hydrogen) atoms. The number of nitrogens with zero attached hydrogens (tertiary/aromatic N) is 1. The zero-order valence-electron chi connectivity index (χ0n) is 19.3. The van der Waals surface area contributed by atoms with Gasteiger partial charge in [-0.3, -0.25) is 9.59 Å². The third-order valence-electron chi connectivity index (χ3n) is 7.09. The molecule has 0 N–H and O–H groups in total. The van der Waals surface area contributed by atoms with Crippen molar-refractivity contribution in [1.29, 1.82) is 0 Å². The van der Waals surface area contributed by atoms with Gasteiger partial charge in [-0.2, -0.15) is 0 Å². The number of benzene rings is 2. The largest absolute Gasteiger partial charge is 0.342 e. The summed E-state index contributed by atoms with van der Waals surface area (Å²) < 4.78 is 0. The van der Waals surface area contributed by atoms with Crippen LogP contribution in [0.4, 0.5) is 0 Å². The number of carbonyl (C=O) groups excluding carboxylic acids is 2. The van der Waals surface area contributed by atoms with Crippen LogP contribution in [0, 0.1) is 11.8 Å². The normalized spacial score (nSPS) is 18.7. The van der Waals surface area contributed by atoms with Gasteiger partial charge < -0.3 is 4.90 Å². The fraction of sp³-hybridized carbons (Fsp3) is 0.448. The lowest BCUT2D eigenvalue weighted by Gasteiger charge is -2.32. The molecule has 1 fully saturated rings. The van der Waals surface area contributed by atoms with Gasteiger partial charge in [0.25, 0.3) is 0 Å². The molecule has 168 valence electrons. The predicted molar refractivity (Wildman–Crippen MR) is 130 cm³/mol. The monoisotopic (exact) mass is 429 g/mol. The third-order valence-corrected chi connectivity index (χ3v) is 7.09. The van der Waals surface area contributed by atoms with Crippen LogP contribution in [0.2, 0.25) is 0 Å². The van der Waals surface area contributed by atoms with Crippen molar-refractivity contribution in [3.05, 3.63) is 77.4 Å². The first-order valence-corrected chi connectivity index (χ1v) is 12.2. The Morgan fingerprint density at radius 3 is 2.66 bits per heavy atom. The zero-order valence-corrected chi connectivity index (χ0v) is 19.3. The molecule has 0 bridgehead atoms. The molecule has 0 spiro atoms. The van der Waals surface area contributed by atoms with E-state index in [4.69, 9.17) is 0 Å². The standard InChI is InChI=1S/C29H35NO2/c1-22(13-14-23-8-3-2-4-9-23)20-28(31)26-11-7-19-30(21-26)29(32)18-17-25-16-15-24-10-5-6-12-27(24)25/h2-6,8-10,12,16,22,26H,7,11,13-15,17-21H2,1H3/t22-,26+/m1/s1. The fourth-order valence-electron chi connectivity index (χ4n) is 5.13. The van der Waals surface area contributed by atoms with Crippen molar-refractivity contribution in [3.8, 4) is 0 Å². The second kappa shape index (κ2) is 10.8. The molecule has 1 aliphatic carbocycles. The van der Waals surface area contributed by atoms with Gasteiger partial charge in [0.05, 0.1) is 0 Å². The molecule has 0 radical (unpaired) electrons. The van der Waals surface area contributed by atoms with E-state index in [9.17, 15) is 9.59 Å². The second-order valence-electron chi connectivity index (χ2n) is 9.57. The number of aryl methyl sites for hydroxylation is 1. The summed E-state index contributed by atoms with van der Waals surface area (Å²) in [5.41, 5.74) is 5.29. The van der Waals surface area contributed by atoms with Gasteiger partial charge in [0.1, 0.15) is 5.78 Å². The van der Waals surface area contributed by atoms with Gasteiger partial charge in [-0.1, -0.05) is 67.6 Å². The molecule has 4 rings (SSSR count). The number of hydrogen-bond acceptors (Lipinski definition) is 2. The summed E-state index contributed by atoms with van der Waals surface area (Å²) in [7, 11) is 0. The quantitative estimate of drug-likeness (QED) is 0.500. The van der Waals surface area contributed by atoms with Gasteiger partial charge in [0, 0.05) is 31.8 Å². The van der Waals surface area contributed by atoms with E-state index in [1.54, 1.807) is 0 Å². The molecule has 0 aromatic heterocycles. The Balaban J connectivity index is 1.23. The Labute approximate surface area is 192 Å². The number of piperidine rings is 1. The Hall–Kier alpha value is -2.68. The zero-order chi connectivity index (χ0) is 22.3. The number of ketones is 1. The van der Waals surface area contributed by atoms with E-state index in [-0.39, 0.29) is 11.8 Å². The van der Waals surface area contributed by atoms with E-state index in [1.807, 2.05) is 11.0 Å². The lowest BCUT2D eigenvalue weighted by atomic mass is 9.87. The van der Waals surface area contributed by atoms with Crippen LogP contribution in [-0.4, -0.2) is 29.7 Å². The number of amides is 1. The minimum atomic E-state index is 0.0123. The molecule has 3 nitrogen and oxygen atoms in total. The van der Waals surface area contributed by atoms with Gasteiger partial charge in [0.2, 0.25) is 5.91 Å². The van der Waals surface area contributed by atoms with Crippen LogP contribution in [0.1, 0.15) is 62.1 Å². The number of carbonyl (C=O) groups is 2. The lowest BCUT2D eigenvalue weighted by Crippen LogP contribution is -2.42. The number of fused-ring (bicyclic) bond motifs is 1. The highest BCUT2D eigenvalue weighted by Gasteiger charge is 2.29. The first-order chi connectivity index (χ1) is 15.6. The highest BCUT2D eigenvalue weighted by molar-refractivity contribution is 5.84. The Morgan fingerprint density at radius 1 is 1.03 bits per heavy atom. The van der Waals surface area contributed by atoms with Crippen LogP contribution in [0.15, 0.2) is 60.7 Å². The smallest absolute Gasteiger partial charge is 0.222 e. The average Bonchev–Trinajstić information content (AvgIpc) is 3.25. The Morgan fingerprint density at radius 2 is 1.81 bits per heavy atom. The molecule has 2 aromatic carbocycles. The predicted octanol–water partition coefficient (Wildman–Crippen LogP) is 5.87. The topological polar surface area (TPSA) is 37.4 Å². The molecular formula is C29H35NO2. The number of rotatable bonds is 9. The summed E-state index contributed by atoms with van der Waals surface area (Å²) in [6.45, 7) is 3.58. The number of hydrogen-bond donors (Lipinski definition) is 0. The fourth-order valence-corrected chi connectivity index (χ4v) is 5.13. The first kappa shape index (κ1) is 22.5. The van der Waals surface area contributed by atoms with E-state index >= 15 is 0 Å². The highest BCUT2D eigenvalue weighted by Crippen LogP contribution is 2.31. The van der Waals surface area contributed by atoms with Crippen LogP contribution >= 0.6 is 0 Å². The van der Waals surface area contributed by atoms with E-state index in [0.29, 0.717) is 31.1 Å². The number of Topliss-reactive ketones (excluding diaryl/α,β-unsaturated/α-hetero) is 1. The molecular weight excluding hydrogens is 394 g/mol. The Bertz CT molecular complexity index is 962. The van der Waals surface area contributed by atoms with Gasteiger partial charge in [0.15, 0.2) is 0 Å². The van der Waals surface area contributed by atoms with Crippen LogP contribution in [0.5, 0.6) is 0 Å². The van der Waals surface area contributed by atoms with Crippen LogP contribution in [0.25, 0.3) is 5.57 Å². The molecule has 0 saturated carbocycles. The van der Waals surface area contributed by atoms with Crippen LogP contribution in [0.3, 0.4) is 0 Å². The van der Waals surface area contributed by atoms with Crippen molar-refractivity contribution >= 4 is 17.3 Å². The molecule has 2 aromatic rings.